The zero-order chi connectivity index (χ0) is 32.0. The maximum Gasteiger partial charge on any atom is 1.00 e. The summed E-state index contributed by atoms with van der Waals surface area (Å²) in [6.45, 7) is 3.90. The van der Waals surface area contributed by atoms with Gasteiger partial charge in [-0.15, -0.1) is 0 Å². The van der Waals surface area contributed by atoms with E-state index in [1.165, 1.54) is 0 Å². The Morgan fingerprint density at radius 3 is 2.33 bits per heavy atom. The third kappa shape index (κ3) is 10.0. The molecular formula is C32H30ClN3Na2O8. The van der Waals surface area contributed by atoms with Gasteiger partial charge in [0.25, 0.3) is 11.8 Å². The Kier molecular flexibility index (Phi) is 15.3. The zero-order valence-corrected chi connectivity index (χ0v) is 30.8. The van der Waals surface area contributed by atoms with E-state index in [-0.39, 0.29) is 77.5 Å². The number of amides is 3. The van der Waals surface area contributed by atoms with Crippen molar-refractivity contribution in [2.75, 3.05) is 16.8 Å². The largest absolute Gasteiger partial charge is 1.00 e. The molecular weight excluding hydrogens is 636 g/mol. The van der Waals surface area contributed by atoms with Crippen LogP contribution in [0.25, 0.3) is 0 Å². The third-order valence-electron chi connectivity index (χ3n) is 7.29. The van der Waals surface area contributed by atoms with Crippen LogP contribution in [0.4, 0.5) is 16.2 Å². The number of halogens is 1. The van der Waals surface area contributed by atoms with Crippen molar-refractivity contribution in [2.24, 2.45) is 0 Å². The topological polar surface area (TPSA) is 168 Å². The first-order chi connectivity index (χ1) is 20.9. The van der Waals surface area contributed by atoms with Crippen molar-refractivity contribution in [2.45, 2.75) is 51.7 Å². The Labute approximate surface area is 315 Å². The molecule has 0 saturated heterocycles. The molecule has 1 aliphatic heterocycles. The molecule has 0 aliphatic carbocycles. The summed E-state index contributed by atoms with van der Waals surface area (Å²) in [7, 11) is 0. The standard InChI is InChI=1S/C32H32ClN3O8.2Na/c1-18-6-3-4-7-22(18)29(39)34-21-10-11-23(19(2)16-21)30(40)36-15-5-8-27(24-17-20(33)9-13-26(24)36)44-32(43)35-25(31(41)42)12-14-28(37)38;;/h3-4,6-7,9-11,13,16-17,25,27H,5,8,12,14-15H2,1-2H3,(H,34,39)(H,35,43)(H,37,38)(H,41,42);;/q;2*+1/p-2/t25-,27?;;/m0../s1. The van der Waals surface area contributed by atoms with Crippen LogP contribution in [0.2, 0.25) is 5.02 Å². The maximum absolute atomic E-state index is 13.9. The molecule has 0 aromatic heterocycles. The van der Waals surface area contributed by atoms with Gasteiger partial charge >= 0.3 is 65.2 Å². The third-order valence-corrected chi connectivity index (χ3v) is 7.52. The van der Waals surface area contributed by atoms with Crippen LogP contribution in [-0.2, 0) is 14.3 Å². The molecule has 1 unspecified atom stereocenters. The summed E-state index contributed by atoms with van der Waals surface area (Å²) >= 11 is 6.27. The number of rotatable bonds is 9. The number of benzene rings is 3. The Hall–Kier alpha value is -2.90. The number of alkyl carbamates (subject to hydrolysis) is 1. The summed E-state index contributed by atoms with van der Waals surface area (Å²) < 4.78 is 5.55. The van der Waals surface area contributed by atoms with Crippen LogP contribution >= 0.6 is 11.6 Å². The van der Waals surface area contributed by atoms with Gasteiger partial charge < -0.3 is 40.1 Å². The molecule has 0 saturated carbocycles. The quantitative estimate of drug-likeness (QED) is 0.229. The average molecular weight is 666 g/mol. The van der Waals surface area contributed by atoms with E-state index in [1.807, 2.05) is 19.1 Å². The summed E-state index contributed by atoms with van der Waals surface area (Å²) in [5.41, 5.74) is 3.85. The number of aliphatic carboxylic acids is 2. The molecule has 2 N–H and O–H groups in total. The van der Waals surface area contributed by atoms with Crippen molar-refractivity contribution in [1.29, 1.82) is 0 Å². The van der Waals surface area contributed by atoms with E-state index in [2.05, 4.69) is 10.6 Å². The van der Waals surface area contributed by atoms with E-state index in [1.54, 1.807) is 60.4 Å². The normalized spacial score (nSPS) is 14.2. The summed E-state index contributed by atoms with van der Waals surface area (Å²) in [6.07, 6.45) is -2.30. The molecule has 0 radical (unpaired) electrons. The number of hydrogen-bond acceptors (Lipinski definition) is 8. The second kappa shape index (κ2) is 17.9. The Morgan fingerprint density at radius 2 is 1.67 bits per heavy atom. The molecule has 3 aromatic rings. The smallest absolute Gasteiger partial charge is 0.550 e. The first kappa shape index (κ1) is 39.3. The van der Waals surface area contributed by atoms with Gasteiger partial charge in [0.1, 0.15) is 6.10 Å². The maximum atomic E-state index is 13.9. The van der Waals surface area contributed by atoms with Gasteiger partial charge in [0.05, 0.1) is 17.7 Å². The van der Waals surface area contributed by atoms with E-state index in [9.17, 15) is 34.2 Å². The Balaban J connectivity index is 0.00000368. The van der Waals surface area contributed by atoms with Crippen molar-refractivity contribution in [3.8, 4) is 0 Å². The van der Waals surface area contributed by atoms with Crippen LogP contribution in [0.15, 0.2) is 60.7 Å². The molecule has 2 atom stereocenters. The number of nitrogens with one attached hydrogen (secondary N) is 2. The SMILES string of the molecule is Cc1ccccc1C(=O)Nc1ccc(C(=O)N2CCCC(OC(=O)N[C@@H](CCC(=O)[O-])C(=O)[O-])c3cc(Cl)ccc32)c(C)c1.[Na+].[Na+]. The fourth-order valence-electron chi connectivity index (χ4n) is 5.04. The van der Waals surface area contributed by atoms with Crippen LogP contribution in [0.1, 0.15) is 69.2 Å². The predicted octanol–water partition coefficient (Wildman–Crippen LogP) is -2.93. The van der Waals surface area contributed by atoms with Crippen molar-refractivity contribution >= 4 is 52.8 Å². The number of ether oxygens (including phenoxy) is 1. The van der Waals surface area contributed by atoms with E-state index in [4.69, 9.17) is 16.3 Å². The number of carboxylic acids is 2. The molecule has 1 heterocycles. The monoisotopic (exact) mass is 665 g/mol. The number of nitrogens with zero attached hydrogens (tertiary/aromatic N) is 1. The molecule has 3 aromatic carbocycles. The van der Waals surface area contributed by atoms with Crippen molar-refractivity contribution in [1.82, 2.24) is 5.32 Å². The summed E-state index contributed by atoms with van der Waals surface area (Å²) in [6, 6.07) is 15.4. The van der Waals surface area contributed by atoms with Crippen LogP contribution in [-0.4, -0.2) is 42.4 Å². The van der Waals surface area contributed by atoms with E-state index in [0.29, 0.717) is 51.5 Å². The number of fused-ring (bicyclic) bond motifs is 1. The van der Waals surface area contributed by atoms with Crippen LogP contribution < -0.4 is 84.9 Å². The molecule has 14 heteroatoms. The van der Waals surface area contributed by atoms with E-state index >= 15 is 0 Å². The molecule has 0 bridgehead atoms. The van der Waals surface area contributed by atoms with E-state index in [0.717, 1.165) is 5.56 Å². The number of carbonyl (C=O) groups excluding carboxylic acids is 5. The molecule has 0 spiro atoms. The first-order valence-corrected chi connectivity index (χ1v) is 14.3. The number of anilines is 2. The number of hydrogen-bond donors (Lipinski definition) is 2. The van der Waals surface area contributed by atoms with Gasteiger partial charge in [-0.1, -0.05) is 29.8 Å². The first-order valence-electron chi connectivity index (χ1n) is 13.9. The van der Waals surface area contributed by atoms with Gasteiger partial charge in [-0.05, 0) is 93.1 Å². The van der Waals surface area contributed by atoms with Gasteiger partial charge in [0, 0.05) is 39.9 Å². The summed E-state index contributed by atoms with van der Waals surface area (Å²) in [5, 5.41) is 27.5. The van der Waals surface area contributed by atoms with Gasteiger partial charge in [0.2, 0.25) is 0 Å². The van der Waals surface area contributed by atoms with Crippen LogP contribution in [0.3, 0.4) is 0 Å². The minimum atomic E-state index is -1.67. The Bertz CT molecular complexity index is 1620. The van der Waals surface area contributed by atoms with Gasteiger partial charge in [-0.2, -0.15) is 0 Å². The fraction of sp³-hybridized carbons (Fsp3) is 0.281. The van der Waals surface area contributed by atoms with Gasteiger partial charge in [-0.3, -0.25) is 9.59 Å². The van der Waals surface area contributed by atoms with Gasteiger partial charge in [-0.25, -0.2) is 4.79 Å². The molecule has 230 valence electrons. The molecule has 11 nitrogen and oxygen atoms in total. The van der Waals surface area contributed by atoms with Crippen LogP contribution in [0, 0.1) is 13.8 Å². The summed E-state index contributed by atoms with van der Waals surface area (Å²) in [4.78, 5) is 63.0. The molecule has 0 fully saturated rings. The molecule has 3 amide bonds. The number of carboxylic acid groups (broad SMARTS) is 2. The molecule has 4 rings (SSSR count). The Morgan fingerprint density at radius 1 is 0.957 bits per heavy atom. The van der Waals surface area contributed by atoms with Gasteiger partial charge in [0.15, 0.2) is 0 Å². The minimum Gasteiger partial charge on any atom is -0.550 e. The van der Waals surface area contributed by atoms with E-state index < -0.39 is 43.0 Å². The average Bonchev–Trinajstić information content (AvgIpc) is 3.14. The summed E-state index contributed by atoms with van der Waals surface area (Å²) in [5.74, 6) is -3.71. The number of carbonyl (C=O) groups is 5. The zero-order valence-electron chi connectivity index (χ0n) is 26.1. The molecule has 1 aliphatic rings. The molecule has 46 heavy (non-hydrogen) atoms. The van der Waals surface area contributed by atoms with Crippen molar-refractivity contribution in [3.63, 3.8) is 0 Å². The number of aryl methyl sites for hydroxylation is 2. The fourth-order valence-corrected chi connectivity index (χ4v) is 5.22. The van der Waals surface area contributed by atoms with Crippen molar-refractivity contribution < 1.29 is 98.0 Å². The second-order valence-electron chi connectivity index (χ2n) is 10.4. The second-order valence-corrected chi connectivity index (χ2v) is 10.9. The van der Waals surface area contributed by atoms with Crippen LogP contribution in [0.5, 0.6) is 0 Å². The minimum absolute atomic E-state index is 0. The predicted molar refractivity (Wildman–Crippen MR) is 158 cm³/mol. The van der Waals surface area contributed by atoms with Crippen molar-refractivity contribution in [3.05, 3.63) is 93.5 Å².